The summed E-state index contributed by atoms with van der Waals surface area (Å²) >= 11 is 6.35. The quantitative estimate of drug-likeness (QED) is 0.200. The molecule has 0 fully saturated rings. The molecule has 0 spiro atoms. The van der Waals surface area contributed by atoms with Crippen molar-refractivity contribution in [3.63, 3.8) is 0 Å². The number of aliphatic carboxylic acids is 2. The van der Waals surface area contributed by atoms with Gasteiger partial charge in [0.05, 0.1) is 30.4 Å². The summed E-state index contributed by atoms with van der Waals surface area (Å²) in [6, 6.07) is 11.3. The van der Waals surface area contributed by atoms with Crippen LogP contribution < -0.4 is 24.8 Å². The van der Waals surface area contributed by atoms with E-state index in [1.165, 1.54) is 0 Å². The van der Waals surface area contributed by atoms with E-state index in [4.69, 9.17) is 40.5 Å². The first-order chi connectivity index (χ1) is 19.1. The molecule has 0 aliphatic carbocycles. The van der Waals surface area contributed by atoms with Crippen molar-refractivity contribution in [1.29, 1.82) is 0 Å². The average Bonchev–Trinajstić information content (AvgIpc) is 3.32. The number of rotatable bonds is 8. The number of aryl methyl sites for hydroxylation is 1. The smallest absolute Gasteiger partial charge is 0.328 e. The summed E-state index contributed by atoms with van der Waals surface area (Å²) in [7, 11) is 3.13. The maximum Gasteiger partial charge on any atom is 0.328 e. The van der Waals surface area contributed by atoms with Crippen LogP contribution in [0.15, 0.2) is 65.3 Å². The zero-order valence-corrected chi connectivity index (χ0v) is 22.1. The van der Waals surface area contributed by atoms with E-state index in [0.29, 0.717) is 63.0 Å². The molecule has 0 atom stereocenters. The Labute approximate surface area is 231 Å². The molecule has 4 aromatic rings. The highest BCUT2D eigenvalue weighted by atomic mass is 35.5. The van der Waals surface area contributed by atoms with E-state index < -0.39 is 18.0 Å². The number of amides is 2. The third-order valence-electron chi connectivity index (χ3n) is 4.86. The van der Waals surface area contributed by atoms with Crippen LogP contribution in [0.4, 0.5) is 16.3 Å². The van der Waals surface area contributed by atoms with Crippen LogP contribution >= 0.6 is 11.6 Å². The lowest BCUT2D eigenvalue weighted by atomic mass is 10.2. The number of benzene rings is 2. The van der Waals surface area contributed by atoms with Crippen molar-refractivity contribution in [2.45, 2.75) is 6.92 Å². The lowest BCUT2D eigenvalue weighted by Crippen LogP contribution is -2.19. The highest BCUT2D eigenvalue weighted by Gasteiger charge is 2.13. The van der Waals surface area contributed by atoms with E-state index in [9.17, 15) is 14.4 Å². The number of anilines is 2. The first-order valence-corrected chi connectivity index (χ1v) is 11.6. The number of carbonyl (C=O) groups is 3. The highest BCUT2D eigenvalue weighted by molar-refractivity contribution is 6.34. The molecule has 0 aliphatic heterocycles. The Bertz CT molecular complexity index is 1550. The van der Waals surface area contributed by atoms with Crippen molar-refractivity contribution in [2.24, 2.45) is 0 Å². The Balaban J connectivity index is 0.000000482. The molecule has 0 saturated carbocycles. The number of carbonyl (C=O) groups excluding carboxylic acids is 1. The Hall–Kier alpha value is -5.30. The van der Waals surface area contributed by atoms with Crippen molar-refractivity contribution in [2.75, 3.05) is 24.9 Å². The Morgan fingerprint density at radius 3 is 2.17 bits per heavy atom. The monoisotopic (exact) mass is 570 g/mol. The average molecular weight is 571 g/mol. The van der Waals surface area contributed by atoms with E-state index in [1.54, 1.807) is 69.8 Å². The summed E-state index contributed by atoms with van der Waals surface area (Å²) in [6.45, 7) is 1.73. The maximum absolute atomic E-state index is 12.2. The van der Waals surface area contributed by atoms with Crippen LogP contribution in [0.2, 0.25) is 5.02 Å². The topological polar surface area (TPSA) is 182 Å². The normalized spacial score (nSPS) is 10.4. The van der Waals surface area contributed by atoms with E-state index in [1.807, 2.05) is 0 Å². The maximum atomic E-state index is 12.2. The number of hydrogen-bond acceptors (Lipinski definition) is 9. The second kappa shape index (κ2) is 13.5. The zero-order valence-electron chi connectivity index (χ0n) is 21.3. The summed E-state index contributed by atoms with van der Waals surface area (Å²) in [5.41, 5.74) is 1.09. The number of hydrogen-bond donors (Lipinski definition) is 4. The number of ether oxygens (including phenoxy) is 3. The minimum absolute atomic E-state index is 0.298. The number of carboxylic acids is 2. The third kappa shape index (κ3) is 8.10. The second-order valence-corrected chi connectivity index (χ2v) is 8.10. The van der Waals surface area contributed by atoms with Gasteiger partial charge in [-0.15, -0.1) is 0 Å². The number of carboxylic acid groups (broad SMARTS) is 2. The van der Waals surface area contributed by atoms with Crippen LogP contribution in [0.3, 0.4) is 0 Å². The van der Waals surface area contributed by atoms with Crippen LogP contribution in [-0.4, -0.2) is 52.5 Å². The molecule has 0 radical (unpaired) electrons. The molecule has 208 valence electrons. The van der Waals surface area contributed by atoms with Gasteiger partial charge in [-0.25, -0.2) is 14.4 Å². The van der Waals surface area contributed by atoms with Crippen molar-refractivity contribution in [3.05, 3.63) is 71.6 Å². The van der Waals surface area contributed by atoms with E-state index in [0.717, 1.165) is 5.39 Å². The van der Waals surface area contributed by atoms with Crippen LogP contribution in [0.5, 0.6) is 23.0 Å². The number of nitrogens with one attached hydrogen (secondary N) is 2. The van der Waals surface area contributed by atoms with Gasteiger partial charge in [0.1, 0.15) is 17.3 Å². The molecule has 0 bridgehead atoms. The number of halogens is 1. The molecule has 0 saturated heterocycles. The summed E-state index contributed by atoms with van der Waals surface area (Å²) in [6.07, 6.45) is 2.75. The van der Waals surface area contributed by atoms with Gasteiger partial charge in [0.2, 0.25) is 0 Å². The van der Waals surface area contributed by atoms with Crippen LogP contribution in [0.25, 0.3) is 10.9 Å². The molecule has 13 nitrogen and oxygen atoms in total. The summed E-state index contributed by atoms with van der Waals surface area (Å²) < 4.78 is 21.7. The molecule has 2 aromatic heterocycles. The number of methoxy groups -OCH3 is 2. The number of aromatic nitrogens is 2. The third-order valence-corrected chi connectivity index (χ3v) is 5.17. The van der Waals surface area contributed by atoms with Crippen LogP contribution in [0.1, 0.15) is 5.76 Å². The van der Waals surface area contributed by atoms with Gasteiger partial charge < -0.3 is 34.3 Å². The first kappa shape index (κ1) is 29.3. The number of nitrogens with zero attached hydrogens (tertiary/aromatic N) is 2. The van der Waals surface area contributed by atoms with E-state index in [-0.39, 0.29) is 0 Å². The van der Waals surface area contributed by atoms with Gasteiger partial charge in [-0.05, 0) is 31.2 Å². The highest BCUT2D eigenvalue weighted by Crippen LogP contribution is 2.37. The molecule has 2 amide bonds. The molecule has 2 heterocycles. The van der Waals surface area contributed by atoms with Gasteiger partial charge in [-0.1, -0.05) is 16.8 Å². The summed E-state index contributed by atoms with van der Waals surface area (Å²) in [4.78, 5) is 35.6. The molecular weight excluding hydrogens is 548 g/mol. The van der Waals surface area contributed by atoms with Gasteiger partial charge in [0.15, 0.2) is 17.3 Å². The predicted octanol–water partition coefficient (Wildman–Crippen LogP) is 5.35. The van der Waals surface area contributed by atoms with Gasteiger partial charge in [0.25, 0.3) is 0 Å². The Morgan fingerprint density at radius 2 is 1.60 bits per heavy atom. The number of pyridine rings is 1. The molecule has 4 rings (SSSR count). The fourth-order valence-electron chi connectivity index (χ4n) is 3.16. The fourth-order valence-corrected chi connectivity index (χ4v) is 3.38. The minimum Gasteiger partial charge on any atom is -0.493 e. The van der Waals surface area contributed by atoms with Gasteiger partial charge >= 0.3 is 18.0 Å². The van der Waals surface area contributed by atoms with Crippen LogP contribution in [0, 0.1) is 6.92 Å². The molecular formula is C26H23ClN4O9. The fraction of sp³-hybridized carbons (Fsp3) is 0.115. The lowest BCUT2D eigenvalue weighted by molar-refractivity contribution is -0.134. The number of urea groups is 1. The van der Waals surface area contributed by atoms with Gasteiger partial charge in [-0.2, -0.15) is 0 Å². The molecule has 2 aromatic carbocycles. The zero-order chi connectivity index (χ0) is 29.2. The lowest BCUT2D eigenvalue weighted by Gasteiger charge is -2.13. The molecule has 0 aliphatic rings. The standard InChI is InChI=1S/C22H19ClN4O5.C4H4O4/c1-12-8-21(27-32-12)26-22(28)25-16-5-4-13(9-15(16)23)31-18-6-7-24-17-11-20(30-3)19(29-2)10-14(17)18;5-3(6)1-2-4(7)8/h4-11H,1-3H3,(H2,25,26,27,28);1-2H,(H,5,6)(H,7,8). The number of fused-ring (bicyclic) bond motifs is 1. The first-order valence-electron chi connectivity index (χ1n) is 11.2. The SMILES string of the molecule is COc1cc2nccc(Oc3ccc(NC(=O)Nc4cc(C)on4)c(Cl)c3)c2cc1OC.O=C(O)C=CC(=O)O. The van der Waals surface area contributed by atoms with Crippen molar-refractivity contribution < 1.29 is 43.3 Å². The van der Waals surface area contributed by atoms with Crippen molar-refractivity contribution in [1.82, 2.24) is 10.1 Å². The van der Waals surface area contributed by atoms with Gasteiger partial charge in [0, 0.05) is 41.9 Å². The minimum atomic E-state index is -1.26. The summed E-state index contributed by atoms with van der Waals surface area (Å²) in [5.74, 6) is 0.542. The molecule has 40 heavy (non-hydrogen) atoms. The van der Waals surface area contributed by atoms with E-state index in [2.05, 4.69) is 20.8 Å². The Morgan fingerprint density at radius 1 is 0.925 bits per heavy atom. The molecule has 0 unspecified atom stereocenters. The summed E-state index contributed by atoms with van der Waals surface area (Å²) in [5, 5.41) is 25.6. The van der Waals surface area contributed by atoms with Crippen molar-refractivity contribution >= 4 is 52.0 Å². The van der Waals surface area contributed by atoms with Crippen molar-refractivity contribution in [3.8, 4) is 23.0 Å². The van der Waals surface area contributed by atoms with E-state index >= 15 is 0 Å². The second-order valence-electron chi connectivity index (χ2n) is 7.69. The predicted molar refractivity (Wildman–Crippen MR) is 145 cm³/mol. The van der Waals surface area contributed by atoms with Crippen LogP contribution in [-0.2, 0) is 9.59 Å². The molecule has 4 N–H and O–H groups in total. The Kier molecular flexibility index (Phi) is 9.86. The molecule has 14 heteroatoms. The van der Waals surface area contributed by atoms with Gasteiger partial charge in [-0.3, -0.25) is 10.3 Å². The largest absolute Gasteiger partial charge is 0.493 e.